The van der Waals surface area contributed by atoms with Crippen LogP contribution in [0.3, 0.4) is 0 Å². The number of aryl methyl sites for hydroxylation is 1. The van der Waals surface area contributed by atoms with Crippen LogP contribution >= 0.6 is 0 Å². The summed E-state index contributed by atoms with van der Waals surface area (Å²) >= 11 is 0. The number of aromatic amines is 1. The van der Waals surface area contributed by atoms with E-state index in [1.165, 1.54) is 25.7 Å². The number of nitrogens with one attached hydrogen (secondary N) is 2. The second kappa shape index (κ2) is 12.9. The summed E-state index contributed by atoms with van der Waals surface area (Å²) in [4.78, 5) is 45.2. The Hall–Kier alpha value is -2.35. The Morgan fingerprint density at radius 2 is 1.79 bits per heavy atom. The minimum atomic E-state index is -0.360. The molecule has 8 heteroatoms. The number of amides is 2. The van der Waals surface area contributed by atoms with Crippen molar-refractivity contribution in [3.05, 3.63) is 22.5 Å². The normalized spacial score (nSPS) is 19.5. The van der Waals surface area contributed by atoms with Crippen molar-refractivity contribution in [2.45, 2.75) is 72.1 Å². The first-order valence-electron chi connectivity index (χ1n) is 13.0. The minimum Gasteiger partial charge on any atom is -0.461 e. The third kappa shape index (κ3) is 7.08. The van der Waals surface area contributed by atoms with Gasteiger partial charge < -0.3 is 24.8 Å². The van der Waals surface area contributed by atoms with Gasteiger partial charge in [-0.2, -0.15) is 0 Å². The van der Waals surface area contributed by atoms with Gasteiger partial charge in [0.05, 0.1) is 12.5 Å². The topological polar surface area (TPSA) is 94.7 Å². The molecule has 1 atom stereocenters. The Bertz CT molecular complexity index is 842. The summed E-state index contributed by atoms with van der Waals surface area (Å²) in [7, 11) is 0. The SMILES string of the molecule is CCOC(=O)c1[nH]c(C)c(CCC(=O)N2CCCC(C(=O)NCCN3CCCCCC3)C2)c1C. The summed E-state index contributed by atoms with van der Waals surface area (Å²) in [5.74, 6) is -0.349. The summed E-state index contributed by atoms with van der Waals surface area (Å²) in [6.07, 6.45) is 7.73. The summed E-state index contributed by atoms with van der Waals surface area (Å²) in [5.41, 5.74) is 3.21. The predicted molar refractivity (Wildman–Crippen MR) is 132 cm³/mol. The zero-order chi connectivity index (χ0) is 24.5. The van der Waals surface area contributed by atoms with E-state index in [-0.39, 0.29) is 23.7 Å². The molecule has 0 aliphatic carbocycles. The predicted octanol–water partition coefficient (Wildman–Crippen LogP) is 2.97. The van der Waals surface area contributed by atoms with Gasteiger partial charge in [-0.15, -0.1) is 0 Å². The van der Waals surface area contributed by atoms with Gasteiger partial charge in [0.25, 0.3) is 0 Å². The number of hydrogen-bond acceptors (Lipinski definition) is 5. The molecule has 2 fully saturated rings. The lowest BCUT2D eigenvalue weighted by Gasteiger charge is -2.32. The maximum absolute atomic E-state index is 12.9. The van der Waals surface area contributed by atoms with Crippen molar-refractivity contribution in [2.75, 3.05) is 45.9 Å². The summed E-state index contributed by atoms with van der Waals surface area (Å²) < 4.78 is 5.11. The molecule has 3 heterocycles. The van der Waals surface area contributed by atoms with Gasteiger partial charge in [0, 0.05) is 38.3 Å². The van der Waals surface area contributed by atoms with Crippen molar-refractivity contribution in [3.63, 3.8) is 0 Å². The van der Waals surface area contributed by atoms with Crippen LogP contribution in [0, 0.1) is 19.8 Å². The van der Waals surface area contributed by atoms with Crippen molar-refractivity contribution in [1.29, 1.82) is 0 Å². The van der Waals surface area contributed by atoms with Crippen LogP contribution in [-0.4, -0.2) is 78.4 Å². The molecule has 8 nitrogen and oxygen atoms in total. The van der Waals surface area contributed by atoms with Crippen LogP contribution in [0.25, 0.3) is 0 Å². The smallest absolute Gasteiger partial charge is 0.355 e. The summed E-state index contributed by atoms with van der Waals surface area (Å²) in [6, 6.07) is 0. The second-order valence-corrected chi connectivity index (χ2v) is 9.67. The molecule has 34 heavy (non-hydrogen) atoms. The van der Waals surface area contributed by atoms with Crippen molar-refractivity contribution >= 4 is 17.8 Å². The number of carbonyl (C=O) groups is 3. The fourth-order valence-corrected chi connectivity index (χ4v) is 5.22. The van der Waals surface area contributed by atoms with Gasteiger partial charge in [0.15, 0.2) is 0 Å². The fraction of sp³-hybridized carbons (Fsp3) is 0.731. The van der Waals surface area contributed by atoms with Gasteiger partial charge in [-0.05, 0) is 77.1 Å². The summed E-state index contributed by atoms with van der Waals surface area (Å²) in [6.45, 7) is 11.0. The number of nitrogens with zero attached hydrogens (tertiary/aromatic N) is 2. The van der Waals surface area contributed by atoms with E-state index < -0.39 is 0 Å². The first-order valence-corrected chi connectivity index (χ1v) is 13.0. The highest BCUT2D eigenvalue weighted by atomic mass is 16.5. The van der Waals surface area contributed by atoms with Crippen molar-refractivity contribution < 1.29 is 19.1 Å². The number of piperidine rings is 1. The minimum absolute atomic E-state index is 0.0692. The van der Waals surface area contributed by atoms with Crippen LogP contribution in [0.2, 0.25) is 0 Å². The van der Waals surface area contributed by atoms with Crippen LogP contribution < -0.4 is 5.32 Å². The fourth-order valence-electron chi connectivity index (χ4n) is 5.22. The van der Waals surface area contributed by atoms with Gasteiger partial charge >= 0.3 is 5.97 Å². The lowest BCUT2D eigenvalue weighted by molar-refractivity contribution is -0.135. The molecule has 0 radical (unpaired) electrons. The van der Waals surface area contributed by atoms with E-state index in [2.05, 4.69) is 15.2 Å². The molecule has 2 saturated heterocycles. The Labute approximate surface area is 203 Å². The second-order valence-electron chi connectivity index (χ2n) is 9.67. The Morgan fingerprint density at radius 3 is 2.50 bits per heavy atom. The van der Waals surface area contributed by atoms with E-state index in [0.717, 1.165) is 49.3 Å². The lowest BCUT2D eigenvalue weighted by Crippen LogP contribution is -2.46. The molecule has 0 spiro atoms. The highest BCUT2D eigenvalue weighted by molar-refractivity contribution is 5.90. The number of H-pyrrole nitrogens is 1. The number of carbonyl (C=O) groups excluding carboxylic acids is 3. The van der Waals surface area contributed by atoms with E-state index in [4.69, 9.17) is 4.74 Å². The third-order valence-corrected chi connectivity index (χ3v) is 7.23. The standard InChI is InChI=1S/C26H42N4O4/c1-4-34-26(33)24-19(2)22(20(3)28-24)11-12-23(31)30-16-9-10-21(18-30)25(32)27-13-17-29-14-7-5-6-8-15-29/h21,28H,4-18H2,1-3H3,(H,27,32). The van der Waals surface area contributed by atoms with Gasteiger partial charge in [-0.3, -0.25) is 9.59 Å². The molecule has 1 aromatic heterocycles. The number of likely N-dealkylation sites (tertiary alicyclic amines) is 2. The molecule has 1 unspecified atom stereocenters. The van der Waals surface area contributed by atoms with Crippen molar-refractivity contribution in [2.24, 2.45) is 5.92 Å². The molecule has 1 aromatic rings. The molecule has 2 amide bonds. The monoisotopic (exact) mass is 474 g/mol. The van der Waals surface area contributed by atoms with E-state index in [0.29, 0.717) is 44.8 Å². The number of esters is 1. The first-order chi connectivity index (χ1) is 16.4. The van der Waals surface area contributed by atoms with E-state index in [1.54, 1.807) is 6.92 Å². The Morgan fingerprint density at radius 1 is 1.06 bits per heavy atom. The number of rotatable bonds is 9. The average molecular weight is 475 g/mol. The first kappa shape index (κ1) is 26.3. The largest absolute Gasteiger partial charge is 0.461 e. The van der Waals surface area contributed by atoms with Crippen LogP contribution in [0.15, 0.2) is 0 Å². The molecular formula is C26H42N4O4. The molecule has 2 aliphatic heterocycles. The van der Waals surface area contributed by atoms with E-state index in [9.17, 15) is 14.4 Å². The van der Waals surface area contributed by atoms with Crippen LogP contribution in [0.4, 0.5) is 0 Å². The highest BCUT2D eigenvalue weighted by Crippen LogP contribution is 2.22. The average Bonchev–Trinajstić information content (AvgIpc) is 2.99. The molecule has 0 bridgehead atoms. The van der Waals surface area contributed by atoms with Gasteiger partial charge in [-0.25, -0.2) is 4.79 Å². The molecule has 3 rings (SSSR count). The maximum atomic E-state index is 12.9. The quantitative estimate of drug-likeness (QED) is 0.537. The molecular weight excluding hydrogens is 432 g/mol. The summed E-state index contributed by atoms with van der Waals surface area (Å²) in [5, 5.41) is 3.11. The van der Waals surface area contributed by atoms with Gasteiger partial charge in [0.1, 0.15) is 5.69 Å². The maximum Gasteiger partial charge on any atom is 0.355 e. The molecule has 190 valence electrons. The number of aromatic nitrogens is 1. The lowest BCUT2D eigenvalue weighted by atomic mass is 9.96. The molecule has 2 N–H and O–H groups in total. The van der Waals surface area contributed by atoms with E-state index in [1.807, 2.05) is 18.7 Å². The zero-order valence-corrected chi connectivity index (χ0v) is 21.2. The Kier molecular flexibility index (Phi) is 9.99. The number of ether oxygens (including phenoxy) is 1. The van der Waals surface area contributed by atoms with Gasteiger partial charge in [0.2, 0.25) is 11.8 Å². The Balaban J connectivity index is 1.46. The molecule has 2 aliphatic rings. The molecule has 0 aromatic carbocycles. The highest BCUT2D eigenvalue weighted by Gasteiger charge is 2.28. The van der Waals surface area contributed by atoms with Crippen molar-refractivity contribution in [1.82, 2.24) is 20.1 Å². The third-order valence-electron chi connectivity index (χ3n) is 7.23. The number of hydrogen-bond donors (Lipinski definition) is 2. The van der Waals surface area contributed by atoms with E-state index >= 15 is 0 Å². The van der Waals surface area contributed by atoms with Crippen LogP contribution in [0.5, 0.6) is 0 Å². The zero-order valence-electron chi connectivity index (χ0n) is 21.2. The van der Waals surface area contributed by atoms with Crippen molar-refractivity contribution in [3.8, 4) is 0 Å². The van der Waals surface area contributed by atoms with Crippen LogP contribution in [0.1, 0.15) is 79.2 Å². The van der Waals surface area contributed by atoms with Crippen LogP contribution in [-0.2, 0) is 20.7 Å². The van der Waals surface area contributed by atoms with Gasteiger partial charge in [-0.1, -0.05) is 12.8 Å². The molecule has 0 saturated carbocycles.